The van der Waals surface area contributed by atoms with Crippen LogP contribution in [0.5, 0.6) is 5.88 Å². The first-order valence-corrected chi connectivity index (χ1v) is 8.54. The summed E-state index contributed by atoms with van der Waals surface area (Å²) in [4.78, 5) is 0. The molecule has 1 aromatic heterocycles. The van der Waals surface area contributed by atoms with Crippen molar-refractivity contribution < 1.29 is 17.9 Å². The molecule has 0 spiro atoms. The Morgan fingerprint density at radius 2 is 1.96 bits per heavy atom. The fraction of sp³-hybridized carbons (Fsp3) is 0.500. The molecule has 1 saturated carbocycles. The lowest BCUT2D eigenvalue weighted by atomic mass is 10.1. The number of rotatable bonds is 7. The Morgan fingerprint density at radius 1 is 1.20 bits per heavy atom. The lowest BCUT2D eigenvalue weighted by molar-refractivity contribution is 0.255. The quantitative estimate of drug-likeness (QED) is 0.770. The molecule has 0 aliphatic heterocycles. The number of hydrogen-bond acceptors (Lipinski definition) is 3. The molecule has 25 heavy (non-hydrogen) atoms. The van der Waals surface area contributed by atoms with Crippen molar-refractivity contribution in [3.63, 3.8) is 0 Å². The monoisotopic (exact) mass is 353 g/mol. The maximum atomic E-state index is 13.8. The van der Waals surface area contributed by atoms with Crippen LogP contribution in [-0.2, 0) is 19.7 Å². The molecule has 7 heteroatoms. The van der Waals surface area contributed by atoms with Crippen LogP contribution < -0.4 is 10.1 Å². The summed E-state index contributed by atoms with van der Waals surface area (Å²) < 4.78 is 47.8. The second-order valence-electron chi connectivity index (χ2n) is 6.49. The van der Waals surface area contributed by atoms with Gasteiger partial charge in [0.2, 0.25) is 5.88 Å². The van der Waals surface area contributed by atoms with Crippen molar-refractivity contribution in [2.24, 2.45) is 5.92 Å². The molecule has 0 unspecified atom stereocenters. The van der Waals surface area contributed by atoms with Gasteiger partial charge >= 0.3 is 0 Å². The van der Waals surface area contributed by atoms with Crippen molar-refractivity contribution in [1.82, 2.24) is 15.1 Å². The fourth-order valence-electron chi connectivity index (χ4n) is 3.27. The molecule has 4 nitrogen and oxygen atoms in total. The summed E-state index contributed by atoms with van der Waals surface area (Å²) >= 11 is 0. The van der Waals surface area contributed by atoms with Gasteiger partial charge in [0.25, 0.3) is 0 Å². The first kappa shape index (κ1) is 17.8. The minimum atomic E-state index is -1.21. The van der Waals surface area contributed by atoms with Crippen molar-refractivity contribution in [2.75, 3.05) is 7.05 Å². The zero-order valence-corrected chi connectivity index (χ0v) is 14.2. The van der Waals surface area contributed by atoms with E-state index in [-0.39, 0.29) is 12.2 Å². The van der Waals surface area contributed by atoms with Crippen LogP contribution in [0.3, 0.4) is 0 Å². The second kappa shape index (κ2) is 7.91. The Balaban J connectivity index is 1.76. The highest BCUT2D eigenvalue weighted by Gasteiger charge is 2.19. The molecule has 1 aliphatic carbocycles. The average molecular weight is 353 g/mol. The predicted molar refractivity (Wildman–Crippen MR) is 87.6 cm³/mol. The third kappa shape index (κ3) is 4.34. The SMILES string of the molecule is CNCc1cc(OCc2cc(F)cc(F)c2F)n(CC2CCCC2)n1. The first-order chi connectivity index (χ1) is 12.1. The predicted octanol–water partition coefficient (Wildman–Crippen LogP) is 3.79. The van der Waals surface area contributed by atoms with Crippen LogP contribution in [0, 0.1) is 23.4 Å². The fourth-order valence-corrected chi connectivity index (χ4v) is 3.27. The van der Waals surface area contributed by atoms with Gasteiger partial charge in [-0.15, -0.1) is 0 Å². The third-order valence-corrected chi connectivity index (χ3v) is 4.50. The zero-order valence-electron chi connectivity index (χ0n) is 14.2. The molecular weight excluding hydrogens is 331 g/mol. The van der Waals surface area contributed by atoms with E-state index in [1.54, 1.807) is 10.7 Å². The summed E-state index contributed by atoms with van der Waals surface area (Å²) in [6.45, 7) is 1.06. The Hall–Kier alpha value is -2.02. The molecule has 0 saturated heterocycles. The van der Waals surface area contributed by atoms with Gasteiger partial charge in [-0.3, -0.25) is 0 Å². The van der Waals surface area contributed by atoms with Gasteiger partial charge in [0.05, 0.1) is 5.69 Å². The van der Waals surface area contributed by atoms with Crippen LogP contribution in [0.1, 0.15) is 36.9 Å². The number of nitrogens with zero attached hydrogens (tertiary/aromatic N) is 2. The molecule has 136 valence electrons. The summed E-state index contributed by atoms with van der Waals surface area (Å²) in [6.07, 6.45) is 4.76. The van der Waals surface area contributed by atoms with Crippen LogP contribution in [0.4, 0.5) is 13.2 Å². The van der Waals surface area contributed by atoms with Gasteiger partial charge in [0, 0.05) is 30.8 Å². The lowest BCUT2D eigenvalue weighted by Crippen LogP contribution is -2.13. The van der Waals surface area contributed by atoms with Crippen molar-refractivity contribution in [3.05, 3.63) is 46.9 Å². The van der Waals surface area contributed by atoms with E-state index < -0.39 is 17.5 Å². The molecule has 1 aromatic carbocycles. The molecule has 2 aromatic rings. The summed E-state index contributed by atoms with van der Waals surface area (Å²) in [6, 6.07) is 3.25. The minimum absolute atomic E-state index is 0.152. The lowest BCUT2D eigenvalue weighted by Gasteiger charge is -2.13. The maximum Gasteiger partial charge on any atom is 0.212 e. The highest BCUT2D eigenvalue weighted by atomic mass is 19.2. The van der Waals surface area contributed by atoms with Crippen molar-refractivity contribution >= 4 is 0 Å². The van der Waals surface area contributed by atoms with Gasteiger partial charge in [0.1, 0.15) is 12.4 Å². The van der Waals surface area contributed by atoms with Crippen molar-refractivity contribution in [2.45, 2.75) is 45.4 Å². The normalized spacial score (nSPS) is 15.0. The molecule has 1 fully saturated rings. The average Bonchev–Trinajstić information content (AvgIpc) is 3.20. The smallest absolute Gasteiger partial charge is 0.212 e. The van der Waals surface area contributed by atoms with E-state index in [0.29, 0.717) is 24.4 Å². The van der Waals surface area contributed by atoms with Crippen molar-refractivity contribution in [1.29, 1.82) is 0 Å². The molecule has 3 rings (SSSR count). The molecule has 1 N–H and O–H groups in total. The highest BCUT2D eigenvalue weighted by Crippen LogP contribution is 2.28. The molecule has 0 atom stereocenters. The Kier molecular flexibility index (Phi) is 5.63. The number of halogens is 3. The van der Waals surface area contributed by atoms with Crippen LogP contribution in [0.2, 0.25) is 0 Å². The molecule has 0 amide bonds. The number of nitrogens with one attached hydrogen (secondary N) is 1. The third-order valence-electron chi connectivity index (χ3n) is 4.50. The second-order valence-corrected chi connectivity index (χ2v) is 6.49. The zero-order chi connectivity index (χ0) is 17.8. The van der Waals surface area contributed by atoms with E-state index in [0.717, 1.165) is 31.1 Å². The van der Waals surface area contributed by atoms with E-state index >= 15 is 0 Å². The maximum absolute atomic E-state index is 13.8. The van der Waals surface area contributed by atoms with E-state index in [1.165, 1.54) is 12.8 Å². The summed E-state index contributed by atoms with van der Waals surface area (Å²) in [5.41, 5.74) is 0.655. The standard InChI is InChI=1S/C18H22F3N3O/c1-22-9-15-8-17(24(23-15)10-12-4-2-3-5-12)25-11-13-6-14(19)7-16(20)18(13)21/h6-8,12,22H,2-5,9-11H2,1H3. The molecule has 0 radical (unpaired) electrons. The molecule has 1 aliphatic rings. The number of hydrogen-bond donors (Lipinski definition) is 1. The van der Waals surface area contributed by atoms with Gasteiger partial charge < -0.3 is 10.1 Å². The van der Waals surface area contributed by atoms with Gasteiger partial charge in [0.15, 0.2) is 11.6 Å². The van der Waals surface area contributed by atoms with E-state index in [4.69, 9.17) is 4.74 Å². The summed E-state index contributed by atoms with van der Waals surface area (Å²) in [5, 5.41) is 7.55. The van der Waals surface area contributed by atoms with Gasteiger partial charge in [-0.2, -0.15) is 5.10 Å². The Bertz CT molecular complexity index is 727. The van der Waals surface area contributed by atoms with Gasteiger partial charge in [-0.05, 0) is 31.9 Å². The van der Waals surface area contributed by atoms with E-state index in [1.807, 2.05) is 7.05 Å². The number of benzene rings is 1. The van der Waals surface area contributed by atoms with Gasteiger partial charge in [-0.25, -0.2) is 17.9 Å². The summed E-state index contributed by atoms with van der Waals surface area (Å²) in [7, 11) is 1.82. The van der Waals surface area contributed by atoms with Crippen molar-refractivity contribution in [3.8, 4) is 5.88 Å². The minimum Gasteiger partial charge on any atom is -0.473 e. The van der Waals surface area contributed by atoms with Gasteiger partial charge in [-0.1, -0.05) is 12.8 Å². The molecule has 1 heterocycles. The highest BCUT2D eigenvalue weighted by molar-refractivity contribution is 5.22. The first-order valence-electron chi connectivity index (χ1n) is 8.54. The van der Waals surface area contributed by atoms with E-state index in [2.05, 4.69) is 10.4 Å². The largest absolute Gasteiger partial charge is 0.473 e. The van der Waals surface area contributed by atoms with Crippen LogP contribution >= 0.6 is 0 Å². The van der Waals surface area contributed by atoms with E-state index in [9.17, 15) is 13.2 Å². The number of ether oxygens (including phenoxy) is 1. The molecular formula is C18H22F3N3O. The Labute approximate surface area is 145 Å². The van der Waals surface area contributed by atoms with Crippen LogP contribution in [0.15, 0.2) is 18.2 Å². The summed E-state index contributed by atoms with van der Waals surface area (Å²) in [5.74, 6) is -2.09. The Morgan fingerprint density at radius 3 is 2.68 bits per heavy atom. The van der Waals surface area contributed by atoms with Crippen LogP contribution in [0.25, 0.3) is 0 Å². The molecule has 0 bridgehead atoms. The number of aromatic nitrogens is 2. The topological polar surface area (TPSA) is 39.1 Å². The van der Waals surface area contributed by atoms with Crippen LogP contribution in [-0.4, -0.2) is 16.8 Å².